The van der Waals surface area contributed by atoms with Gasteiger partial charge in [0.15, 0.2) is 0 Å². The molecule has 0 aliphatic heterocycles. The standard InChI is InChI=1S/C17H20FNO2/c1-3-21-11-13-6-4-5-7-16(13)19-12(2)15-10-14(18)8-9-17(15)20/h4-10,12,19-20H,3,11H2,1-2H3. The molecule has 0 aromatic heterocycles. The van der Waals surface area contributed by atoms with Crippen molar-refractivity contribution in [3.63, 3.8) is 0 Å². The Balaban J connectivity index is 2.19. The highest BCUT2D eigenvalue weighted by Crippen LogP contribution is 2.29. The summed E-state index contributed by atoms with van der Waals surface area (Å²) in [6.07, 6.45) is 0. The predicted molar refractivity (Wildman–Crippen MR) is 81.9 cm³/mol. The van der Waals surface area contributed by atoms with Gasteiger partial charge in [-0.3, -0.25) is 0 Å². The van der Waals surface area contributed by atoms with Gasteiger partial charge < -0.3 is 15.2 Å². The molecule has 2 aromatic rings. The van der Waals surface area contributed by atoms with Gasteiger partial charge in [-0.05, 0) is 38.1 Å². The third-order valence-electron chi connectivity index (χ3n) is 3.31. The molecule has 0 heterocycles. The average molecular weight is 289 g/mol. The molecule has 112 valence electrons. The molecule has 2 rings (SSSR count). The molecule has 2 N–H and O–H groups in total. The van der Waals surface area contributed by atoms with Crippen molar-refractivity contribution in [3.05, 3.63) is 59.4 Å². The summed E-state index contributed by atoms with van der Waals surface area (Å²) in [5, 5.41) is 13.2. The molecule has 0 spiro atoms. The lowest BCUT2D eigenvalue weighted by molar-refractivity contribution is 0.134. The van der Waals surface area contributed by atoms with E-state index < -0.39 is 0 Å². The monoisotopic (exact) mass is 289 g/mol. The second kappa shape index (κ2) is 7.09. The SMILES string of the molecule is CCOCc1ccccc1NC(C)c1cc(F)ccc1O. The van der Waals surface area contributed by atoms with Gasteiger partial charge in [0, 0.05) is 23.4 Å². The summed E-state index contributed by atoms with van der Waals surface area (Å²) in [6.45, 7) is 4.99. The van der Waals surface area contributed by atoms with E-state index in [1.54, 1.807) is 0 Å². The fourth-order valence-corrected chi connectivity index (χ4v) is 2.18. The van der Waals surface area contributed by atoms with E-state index in [2.05, 4.69) is 5.32 Å². The third kappa shape index (κ3) is 3.95. The number of anilines is 1. The van der Waals surface area contributed by atoms with Gasteiger partial charge in [0.1, 0.15) is 11.6 Å². The highest BCUT2D eigenvalue weighted by Gasteiger charge is 2.13. The molecule has 0 bridgehead atoms. The highest BCUT2D eigenvalue weighted by molar-refractivity contribution is 5.53. The van der Waals surface area contributed by atoms with Gasteiger partial charge in [-0.2, -0.15) is 0 Å². The zero-order valence-corrected chi connectivity index (χ0v) is 12.3. The van der Waals surface area contributed by atoms with Crippen molar-refractivity contribution in [1.29, 1.82) is 0 Å². The molecule has 0 saturated heterocycles. The maximum Gasteiger partial charge on any atom is 0.123 e. The molecular formula is C17H20FNO2. The fraction of sp³-hybridized carbons (Fsp3) is 0.294. The molecule has 0 radical (unpaired) electrons. The number of phenolic OH excluding ortho intramolecular Hbond substituents is 1. The summed E-state index contributed by atoms with van der Waals surface area (Å²) in [7, 11) is 0. The molecule has 0 aliphatic carbocycles. The maximum absolute atomic E-state index is 13.3. The summed E-state index contributed by atoms with van der Waals surface area (Å²) in [6, 6.07) is 11.5. The van der Waals surface area contributed by atoms with Gasteiger partial charge >= 0.3 is 0 Å². The van der Waals surface area contributed by atoms with E-state index in [1.807, 2.05) is 38.1 Å². The summed E-state index contributed by atoms with van der Waals surface area (Å²) < 4.78 is 18.8. The van der Waals surface area contributed by atoms with Crippen molar-refractivity contribution in [2.75, 3.05) is 11.9 Å². The van der Waals surface area contributed by atoms with Gasteiger partial charge in [-0.25, -0.2) is 4.39 Å². The second-order valence-electron chi connectivity index (χ2n) is 4.86. The quantitative estimate of drug-likeness (QED) is 0.835. The molecule has 1 unspecified atom stereocenters. The molecular weight excluding hydrogens is 269 g/mol. The molecule has 0 fully saturated rings. The number of phenols is 1. The average Bonchev–Trinajstić information content (AvgIpc) is 2.48. The normalized spacial score (nSPS) is 12.1. The summed E-state index contributed by atoms with van der Waals surface area (Å²) in [5.74, 6) is -0.280. The van der Waals surface area contributed by atoms with E-state index >= 15 is 0 Å². The maximum atomic E-state index is 13.3. The Morgan fingerprint density at radius 1 is 1.24 bits per heavy atom. The number of rotatable bonds is 6. The van der Waals surface area contributed by atoms with Crippen molar-refractivity contribution in [1.82, 2.24) is 0 Å². The Hall–Kier alpha value is -2.07. The van der Waals surface area contributed by atoms with Gasteiger partial charge in [0.25, 0.3) is 0 Å². The van der Waals surface area contributed by atoms with Gasteiger partial charge in [-0.1, -0.05) is 18.2 Å². The number of para-hydroxylation sites is 1. The van der Waals surface area contributed by atoms with Gasteiger partial charge in [-0.15, -0.1) is 0 Å². The first-order valence-corrected chi connectivity index (χ1v) is 7.02. The molecule has 4 heteroatoms. The number of hydrogen-bond donors (Lipinski definition) is 2. The van der Waals surface area contributed by atoms with Crippen LogP contribution in [0.4, 0.5) is 10.1 Å². The summed E-state index contributed by atoms with van der Waals surface area (Å²) >= 11 is 0. The van der Waals surface area contributed by atoms with Gasteiger partial charge in [0.2, 0.25) is 0 Å². The second-order valence-corrected chi connectivity index (χ2v) is 4.86. The highest BCUT2D eigenvalue weighted by atomic mass is 19.1. The minimum Gasteiger partial charge on any atom is -0.508 e. The summed E-state index contributed by atoms with van der Waals surface area (Å²) in [5.41, 5.74) is 2.48. The Morgan fingerprint density at radius 3 is 2.76 bits per heavy atom. The number of hydrogen-bond acceptors (Lipinski definition) is 3. The first kappa shape index (κ1) is 15.3. The van der Waals surface area contributed by atoms with Crippen LogP contribution in [0.15, 0.2) is 42.5 Å². The van der Waals surface area contributed by atoms with Crippen LogP contribution in [0, 0.1) is 5.82 Å². The van der Waals surface area contributed by atoms with Crippen LogP contribution in [0.1, 0.15) is 31.0 Å². The zero-order chi connectivity index (χ0) is 15.2. The van der Waals surface area contributed by atoms with Crippen LogP contribution >= 0.6 is 0 Å². The van der Waals surface area contributed by atoms with Crippen LogP contribution in [-0.4, -0.2) is 11.7 Å². The molecule has 21 heavy (non-hydrogen) atoms. The molecule has 3 nitrogen and oxygen atoms in total. The van der Waals surface area contributed by atoms with Crippen LogP contribution in [-0.2, 0) is 11.3 Å². The van der Waals surface area contributed by atoms with E-state index in [-0.39, 0.29) is 17.6 Å². The lowest BCUT2D eigenvalue weighted by Crippen LogP contribution is -2.09. The number of halogens is 1. The third-order valence-corrected chi connectivity index (χ3v) is 3.31. The molecule has 1 atom stereocenters. The van der Waals surface area contributed by atoms with E-state index in [0.717, 1.165) is 11.3 Å². The van der Waals surface area contributed by atoms with Crippen molar-refractivity contribution in [2.24, 2.45) is 0 Å². The van der Waals surface area contributed by atoms with Crippen LogP contribution < -0.4 is 5.32 Å². The lowest BCUT2D eigenvalue weighted by atomic mass is 10.1. The molecule has 0 aliphatic rings. The molecule has 0 amide bonds. The van der Waals surface area contributed by atoms with Crippen LogP contribution in [0.2, 0.25) is 0 Å². The molecule has 0 saturated carbocycles. The Kier molecular flexibility index (Phi) is 5.17. The lowest BCUT2D eigenvalue weighted by Gasteiger charge is -2.19. The van der Waals surface area contributed by atoms with Crippen molar-refractivity contribution >= 4 is 5.69 Å². The Labute approximate surface area is 124 Å². The Morgan fingerprint density at radius 2 is 2.00 bits per heavy atom. The fourth-order valence-electron chi connectivity index (χ4n) is 2.18. The minimum atomic E-state index is -0.362. The number of benzene rings is 2. The van der Waals surface area contributed by atoms with E-state index in [1.165, 1.54) is 18.2 Å². The topological polar surface area (TPSA) is 41.5 Å². The predicted octanol–water partition coefficient (Wildman–Crippen LogP) is 4.24. The minimum absolute atomic E-state index is 0.0821. The van der Waals surface area contributed by atoms with E-state index in [9.17, 15) is 9.50 Å². The molecule has 2 aromatic carbocycles. The Bertz CT molecular complexity index is 601. The van der Waals surface area contributed by atoms with E-state index in [4.69, 9.17) is 4.74 Å². The van der Waals surface area contributed by atoms with Crippen LogP contribution in [0.5, 0.6) is 5.75 Å². The van der Waals surface area contributed by atoms with Crippen molar-refractivity contribution in [2.45, 2.75) is 26.5 Å². The van der Waals surface area contributed by atoms with Crippen molar-refractivity contribution in [3.8, 4) is 5.75 Å². The number of nitrogens with one attached hydrogen (secondary N) is 1. The van der Waals surface area contributed by atoms with E-state index in [0.29, 0.717) is 18.8 Å². The number of ether oxygens (including phenoxy) is 1. The first-order chi connectivity index (χ1) is 10.1. The van der Waals surface area contributed by atoms with Crippen molar-refractivity contribution < 1.29 is 14.2 Å². The smallest absolute Gasteiger partial charge is 0.123 e. The largest absolute Gasteiger partial charge is 0.508 e. The van der Waals surface area contributed by atoms with Gasteiger partial charge in [0.05, 0.1) is 12.6 Å². The first-order valence-electron chi connectivity index (χ1n) is 7.02. The summed E-state index contributed by atoms with van der Waals surface area (Å²) in [4.78, 5) is 0. The van der Waals surface area contributed by atoms with Crippen LogP contribution in [0.3, 0.4) is 0 Å². The number of aromatic hydroxyl groups is 1. The zero-order valence-electron chi connectivity index (χ0n) is 12.3. The van der Waals surface area contributed by atoms with Crippen LogP contribution in [0.25, 0.3) is 0 Å².